The summed E-state index contributed by atoms with van der Waals surface area (Å²) in [5.74, 6) is 0.233. The van der Waals surface area contributed by atoms with Gasteiger partial charge in [-0.05, 0) is 56.5 Å². The lowest BCUT2D eigenvalue weighted by Gasteiger charge is -2.12. The van der Waals surface area contributed by atoms with Gasteiger partial charge >= 0.3 is 0 Å². The second-order valence-electron chi connectivity index (χ2n) is 6.52. The van der Waals surface area contributed by atoms with E-state index in [9.17, 15) is 4.79 Å². The van der Waals surface area contributed by atoms with Crippen molar-refractivity contribution in [3.05, 3.63) is 76.6 Å². The van der Waals surface area contributed by atoms with Gasteiger partial charge in [0.1, 0.15) is 0 Å². The lowest BCUT2D eigenvalue weighted by Crippen LogP contribution is -2.13. The van der Waals surface area contributed by atoms with Gasteiger partial charge in [-0.3, -0.25) is 4.79 Å². The fraction of sp³-hybridized carbons (Fsp3) is 0.190. The fourth-order valence-corrected chi connectivity index (χ4v) is 2.92. The molecular formula is C21H22N4O. The van der Waals surface area contributed by atoms with E-state index in [1.165, 1.54) is 18.0 Å². The summed E-state index contributed by atoms with van der Waals surface area (Å²) in [4.78, 5) is 20.9. The third-order valence-electron chi connectivity index (χ3n) is 4.10. The zero-order chi connectivity index (χ0) is 18.7. The van der Waals surface area contributed by atoms with Crippen LogP contribution in [0.25, 0.3) is 0 Å². The molecule has 0 atom stereocenters. The summed E-state index contributed by atoms with van der Waals surface area (Å²) >= 11 is 0. The van der Waals surface area contributed by atoms with Gasteiger partial charge < -0.3 is 10.6 Å². The van der Waals surface area contributed by atoms with Crippen LogP contribution < -0.4 is 10.6 Å². The molecule has 0 saturated heterocycles. The predicted octanol–water partition coefficient (Wildman–Crippen LogP) is 4.71. The van der Waals surface area contributed by atoms with Crippen LogP contribution in [0.3, 0.4) is 0 Å². The van der Waals surface area contributed by atoms with Gasteiger partial charge in [-0.1, -0.05) is 29.8 Å². The monoisotopic (exact) mass is 346 g/mol. The van der Waals surface area contributed by atoms with Crippen LogP contribution in [0.4, 0.5) is 17.3 Å². The van der Waals surface area contributed by atoms with Crippen molar-refractivity contribution in [2.75, 3.05) is 10.6 Å². The molecule has 1 heterocycles. The van der Waals surface area contributed by atoms with Gasteiger partial charge in [-0.2, -0.15) is 0 Å². The van der Waals surface area contributed by atoms with Crippen LogP contribution in [0.5, 0.6) is 0 Å². The molecule has 0 aliphatic heterocycles. The van der Waals surface area contributed by atoms with E-state index in [0.717, 1.165) is 28.1 Å². The zero-order valence-electron chi connectivity index (χ0n) is 15.4. The standard InChI is InChI=1S/C21H22N4O/c1-13-6-5-7-18(10-13)24-20(26)17-11-22-21(23-12-17)25-19-15(3)8-14(2)9-16(19)4/h5-12H,1-4H3,(H,24,26)(H,22,23,25). The first-order chi connectivity index (χ1) is 12.4. The maximum absolute atomic E-state index is 12.3. The number of amides is 1. The first-order valence-corrected chi connectivity index (χ1v) is 8.47. The molecule has 0 radical (unpaired) electrons. The first kappa shape index (κ1) is 17.6. The highest BCUT2D eigenvalue weighted by Crippen LogP contribution is 2.24. The van der Waals surface area contributed by atoms with E-state index in [2.05, 4.69) is 39.7 Å². The molecule has 2 N–H and O–H groups in total. The number of benzene rings is 2. The third kappa shape index (κ3) is 4.06. The SMILES string of the molecule is Cc1cccc(NC(=O)c2cnc(Nc3c(C)cc(C)cc3C)nc2)c1. The summed E-state index contributed by atoms with van der Waals surface area (Å²) in [5, 5.41) is 6.09. The van der Waals surface area contributed by atoms with E-state index < -0.39 is 0 Å². The molecule has 1 amide bonds. The number of carbonyl (C=O) groups is 1. The van der Waals surface area contributed by atoms with E-state index in [1.54, 1.807) is 0 Å². The van der Waals surface area contributed by atoms with E-state index in [0.29, 0.717) is 11.5 Å². The molecule has 5 nitrogen and oxygen atoms in total. The fourth-order valence-electron chi connectivity index (χ4n) is 2.92. The number of rotatable bonds is 4. The minimum absolute atomic E-state index is 0.232. The minimum atomic E-state index is -0.232. The molecule has 0 fully saturated rings. The van der Waals surface area contributed by atoms with Crippen molar-refractivity contribution in [2.45, 2.75) is 27.7 Å². The number of carbonyl (C=O) groups excluding carboxylic acids is 1. The molecule has 0 bridgehead atoms. The van der Waals surface area contributed by atoms with Crippen LogP contribution in [-0.4, -0.2) is 15.9 Å². The minimum Gasteiger partial charge on any atom is -0.324 e. The molecule has 0 unspecified atom stereocenters. The van der Waals surface area contributed by atoms with Gasteiger partial charge in [0.15, 0.2) is 0 Å². The Hall–Kier alpha value is -3.21. The normalized spacial score (nSPS) is 10.5. The highest BCUT2D eigenvalue weighted by molar-refractivity contribution is 6.03. The van der Waals surface area contributed by atoms with Crippen molar-refractivity contribution >= 4 is 23.2 Å². The molecule has 0 spiro atoms. The number of aromatic nitrogens is 2. The Morgan fingerprint density at radius 2 is 1.54 bits per heavy atom. The Morgan fingerprint density at radius 3 is 2.15 bits per heavy atom. The van der Waals surface area contributed by atoms with Crippen LogP contribution in [0, 0.1) is 27.7 Å². The first-order valence-electron chi connectivity index (χ1n) is 8.47. The van der Waals surface area contributed by atoms with Crippen molar-refractivity contribution in [3.8, 4) is 0 Å². The Morgan fingerprint density at radius 1 is 0.885 bits per heavy atom. The molecular weight excluding hydrogens is 324 g/mol. The van der Waals surface area contributed by atoms with Crippen molar-refractivity contribution in [2.24, 2.45) is 0 Å². The third-order valence-corrected chi connectivity index (χ3v) is 4.10. The van der Waals surface area contributed by atoms with Crippen LogP contribution in [0.15, 0.2) is 48.8 Å². The number of nitrogens with zero attached hydrogens (tertiary/aromatic N) is 2. The molecule has 132 valence electrons. The highest BCUT2D eigenvalue weighted by atomic mass is 16.1. The van der Waals surface area contributed by atoms with Crippen molar-refractivity contribution < 1.29 is 4.79 Å². The lowest BCUT2D eigenvalue weighted by atomic mass is 10.1. The number of hydrogen-bond donors (Lipinski definition) is 2. The molecule has 0 saturated carbocycles. The molecule has 0 aliphatic carbocycles. The maximum Gasteiger partial charge on any atom is 0.258 e. The molecule has 0 aliphatic rings. The molecule has 3 aromatic rings. The van der Waals surface area contributed by atoms with Gasteiger partial charge in [-0.15, -0.1) is 0 Å². The number of nitrogens with one attached hydrogen (secondary N) is 2. The summed E-state index contributed by atoms with van der Waals surface area (Å²) in [5.41, 5.74) is 6.72. The van der Waals surface area contributed by atoms with Gasteiger partial charge in [0.05, 0.1) is 5.56 Å². The quantitative estimate of drug-likeness (QED) is 0.718. The number of anilines is 3. The van der Waals surface area contributed by atoms with E-state index in [-0.39, 0.29) is 5.91 Å². The lowest BCUT2D eigenvalue weighted by molar-refractivity contribution is 0.102. The van der Waals surface area contributed by atoms with Gasteiger partial charge in [0.25, 0.3) is 5.91 Å². The average Bonchev–Trinajstić information content (AvgIpc) is 2.58. The van der Waals surface area contributed by atoms with Crippen LogP contribution in [-0.2, 0) is 0 Å². The summed E-state index contributed by atoms with van der Waals surface area (Å²) in [7, 11) is 0. The van der Waals surface area contributed by atoms with Crippen LogP contribution in [0.2, 0.25) is 0 Å². The summed E-state index contributed by atoms with van der Waals surface area (Å²) in [6.45, 7) is 8.15. The average molecular weight is 346 g/mol. The number of hydrogen-bond acceptors (Lipinski definition) is 4. The molecule has 2 aromatic carbocycles. The molecule has 1 aromatic heterocycles. The Labute approximate surface area is 153 Å². The Bertz CT molecular complexity index is 925. The van der Waals surface area contributed by atoms with E-state index >= 15 is 0 Å². The molecule has 26 heavy (non-hydrogen) atoms. The Balaban J connectivity index is 1.73. The maximum atomic E-state index is 12.3. The molecule has 3 rings (SSSR count). The summed E-state index contributed by atoms with van der Waals surface area (Å²) in [6.07, 6.45) is 3.05. The largest absolute Gasteiger partial charge is 0.324 e. The molecule has 5 heteroatoms. The van der Waals surface area contributed by atoms with Crippen LogP contribution >= 0.6 is 0 Å². The topological polar surface area (TPSA) is 66.9 Å². The highest BCUT2D eigenvalue weighted by Gasteiger charge is 2.10. The van der Waals surface area contributed by atoms with Gasteiger partial charge in [-0.25, -0.2) is 9.97 Å². The predicted molar refractivity (Wildman–Crippen MR) is 105 cm³/mol. The number of aryl methyl sites for hydroxylation is 4. The van der Waals surface area contributed by atoms with Crippen LogP contribution in [0.1, 0.15) is 32.6 Å². The second-order valence-corrected chi connectivity index (χ2v) is 6.52. The summed E-state index contributed by atoms with van der Waals surface area (Å²) < 4.78 is 0. The Kier molecular flexibility index (Phi) is 4.98. The van der Waals surface area contributed by atoms with Crippen molar-refractivity contribution in [1.82, 2.24) is 9.97 Å². The smallest absolute Gasteiger partial charge is 0.258 e. The zero-order valence-corrected chi connectivity index (χ0v) is 15.4. The second kappa shape index (κ2) is 7.35. The van der Waals surface area contributed by atoms with E-state index in [1.807, 2.05) is 45.0 Å². The van der Waals surface area contributed by atoms with Crippen molar-refractivity contribution in [3.63, 3.8) is 0 Å². The van der Waals surface area contributed by atoms with Gasteiger partial charge in [0, 0.05) is 23.8 Å². The van der Waals surface area contributed by atoms with E-state index in [4.69, 9.17) is 0 Å². The summed E-state index contributed by atoms with van der Waals surface area (Å²) in [6, 6.07) is 11.9. The van der Waals surface area contributed by atoms with Crippen molar-refractivity contribution in [1.29, 1.82) is 0 Å². The van der Waals surface area contributed by atoms with Gasteiger partial charge in [0.2, 0.25) is 5.95 Å².